The van der Waals surface area contributed by atoms with Crippen molar-refractivity contribution in [1.82, 2.24) is 4.90 Å². The summed E-state index contributed by atoms with van der Waals surface area (Å²) in [6, 6.07) is -0.0866. The van der Waals surface area contributed by atoms with E-state index in [0.29, 0.717) is 19.8 Å². The van der Waals surface area contributed by atoms with Crippen molar-refractivity contribution in [3.05, 3.63) is 0 Å². The largest absolute Gasteiger partial charge is 0.379 e. The number of amides is 1. The van der Waals surface area contributed by atoms with Crippen LogP contribution in [-0.4, -0.2) is 49.7 Å². The quantitative estimate of drug-likeness (QED) is 0.535. The van der Waals surface area contributed by atoms with Gasteiger partial charge in [-0.05, 0) is 19.4 Å². The fourth-order valence-corrected chi connectivity index (χ4v) is 1.78. The van der Waals surface area contributed by atoms with E-state index in [1.165, 1.54) is 0 Å². The number of primary amides is 1. The summed E-state index contributed by atoms with van der Waals surface area (Å²) in [5.74, 6) is -0.221. The van der Waals surface area contributed by atoms with Gasteiger partial charge in [-0.2, -0.15) is 0 Å². The van der Waals surface area contributed by atoms with E-state index in [1.807, 2.05) is 0 Å². The number of rotatable bonds is 6. The van der Waals surface area contributed by atoms with Gasteiger partial charge in [-0.15, -0.1) is 0 Å². The van der Waals surface area contributed by atoms with Crippen LogP contribution in [0.4, 0.5) is 0 Å². The molecule has 0 bridgehead atoms. The van der Waals surface area contributed by atoms with Crippen molar-refractivity contribution in [3.63, 3.8) is 0 Å². The van der Waals surface area contributed by atoms with Crippen LogP contribution < -0.4 is 11.5 Å². The standard InChI is InChI=1S/C9H19N3O2/c10-3-6-14-7-5-12-4-1-2-8(12)9(11)13/h8H,1-7,10H2,(H2,11,13). The summed E-state index contributed by atoms with van der Waals surface area (Å²) in [7, 11) is 0. The second kappa shape index (κ2) is 5.95. The van der Waals surface area contributed by atoms with Gasteiger partial charge in [0.2, 0.25) is 5.91 Å². The highest BCUT2D eigenvalue weighted by Gasteiger charge is 2.28. The van der Waals surface area contributed by atoms with Crippen molar-refractivity contribution in [2.45, 2.75) is 18.9 Å². The molecule has 1 unspecified atom stereocenters. The molecule has 1 saturated heterocycles. The maximum Gasteiger partial charge on any atom is 0.234 e. The molecule has 1 fully saturated rings. The summed E-state index contributed by atoms with van der Waals surface area (Å²) in [6.07, 6.45) is 1.93. The average Bonchev–Trinajstić information content (AvgIpc) is 2.60. The molecule has 1 rings (SSSR count). The molecular formula is C9H19N3O2. The summed E-state index contributed by atoms with van der Waals surface area (Å²) in [5.41, 5.74) is 10.6. The normalized spacial score (nSPS) is 22.8. The third-order valence-electron chi connectivity index (χ3n) is 2.48. The van der Waals surface area contributed by atoms with Crippen LogP contribution in [0.1, 0.15) is 12.8 Å². The Kier molecular flexibility index (Phi) is 4.86. The first-order valence-corrected chi connectivity index (χ1v) is 5.07. The van der Waals surface area contributed by atoms with Crippen LogP contribution >= 0.6 is 0 Å². The summed E-state index contributed by atoms with van der Waals surface area (Å²) in [6.45, 7) is 3.46. The molecule has 0 saturated carbocycles. The molecule has 0 aromatic heterocycles. The molecule has 1 heterocycles. The van der Waals surface area contributed by atoms with E-state index >= 15 is 0 Å². The highest BCUT2D eigenvalue weighted by molar-refractivity contribution is 5.80. The van der Waals surface area contributed by atoms with Gasteiger partial charge in [0.1, 0.15) is 0 Å². The van der Waals surface area contributed by atoms with E-state index in [0.717, 1.165) is 25.9 Å². The van der Waals surface area contributed by atoms with Gasteiger partial charge in [0, 0.05) is 13.1 Å². The second-order valence-electron chi connectivity index (χ2n) is 3.50. The lowest BCUT2D eigenvalue weighted by Crippen LogP contribution is -2.41. The summed E-state index contributed by atoms with van der Waals surface area (Å²) in [5, 5.41) is 0. The molecule has 14 heavy (non-hydrogen) atoms. The minimum absolute atomic E-state index is 0.0866. The summed E-state index contributed by atoms with van der Waals surface area (Å²) >= 11 is 0. The summed E-state index contributed by atoms with van der Waals surface area (Å²) < 4.78 is 5.25. The Morgan fingerprint density at radius 3 is 2.93 bits per heavy atom. The molecule has 1 aliphatic heterocycles. The van der Waals surface area contributed by atoms with Crippen molar-refractivity contribution in [2.75, 3.05) is 32.8 Å². The van der Waals surface area contributed by atoms with Gasteiger partial charge >= 0.3 is 0 Å². The minimum Gasteiger partial charge on any atom is -0.379 e. The number of hydrogen-bond acceptors (Lipinski definition) is 4. The predicted octanol–water partition coefficient (Wildman–Crippen LogP) is -1.09. The van der Waals surface area contributed by atoms with Crippen molar-refractivity contribution in [1.29, 1.82) is 0 Å². The van der Waals surface area contributed by atoms with Gasteiger partial charge in [-0.25, -0.2) is 0 Å². The Bertz CT molecular complexity index is 187. The highest BCUT2D eigenvalue weighted by Crippen LogP contribution is 2.15. The Balaban J connectivity index is 2.19. The van der Waals surface area contributed by atoms with Crippen LogP contribution in [-0.2, 0) is 9.53 Å². The number of likely N-dealkylation sites (tertiary alicyclic amines) is 1. The molecule has 5 nitrogen and oxygen atoms in total. The Morgan fingerprint density at radius 2 is 2.29 bits per heavy atom. The molecule has 1 atom stereocenters. The van der Waals surface area contributed by atoms with E-state index in [4.69, 9.17) is 16.2 Å². The minimum atomic E-state index is -0.221. The molecule has 0 aliphatic carbocycles. The van der Waals surface area contributed by atoms with Crippen LogP contribution in [0.15, 0.2) is 0 Å². The van der Waals surface area contributed by atoms with Crippen LogP contribution in [0.25, 0.3) is 0 Å². The molecule has 0 aromatic rings. The van der Waals surface area contributed by atoms with Gasteiger partial charge < -0.3 is 16.2 Å². The molecule has 0 spiro atoms. The van der Waals surface area contributed by atoms with Crippen molar-refractivity contribution >= 4 is 5.91 Å². The lowest BCUT2D eigenvalue weighted by Gasteiger charge is -2.21. The smallest absolute Gasteiger partial charge is 0.234 e. The zero-order chi connectivity index (χ0) is 10.4. The van der Waals surface area contributed by atoms with Crippen LogP contribution in [0.2, 0.25) is 0 Å². The number of hydrogen-bond donors (Lipinski definition) is 2. The van der Waals surface area contributed by atoms with Crippen molar-refractivity contribution in [2.24, 2.45) is 11.5 Å². The molecule has 1 aliphatic rings. The van der Waals surface area contributed by atoms with E-state index in [1.54, 1.807) is 0 Å². The average molecular weight is 201 g/mol. The van der Waals surface area contributed by atoms with Crippen molar-refractivity contribution in [3.8, 4) is 0 Å². The molecule has 1 amide bonds. The first-order chi connectivity index (χ1) is 6.75. The number of nitrogens with zero attached hydrogens (tertiary/aromatic N) is 1. The number of ether oxygens (including phenoxy) is 1. The van der Waals surface area contributed by atoms with Gasteiger partial charge in [-0.3, -0.25) is 9.69 Å². The zero-order valence-corrected chi connectivity index (χ0v) is 8.45. The van der Waals surface area contributed by atoms with Gasteiger partial charge in [-0.1, -0.05) is 0 Å². The molecule has 5 heteroatoms. The first kappa shape index (κ1) is 11.4. The number of carbonyl (C=O) groups excluding carboxylic acids is 1. The van der Waals surface area contributed by atoms with Gasteiger partial charge in [0.05, 0.1) is 19.3 Å². The molecular weight excluding hydrogens is 182 g/mol. The van der Waals surface area contributed by atoms with Crippen LogP contribution in [0.3, 0.4) is 0 Å². The van der Waals surface area contributed by atoms with E-state index in [-0.39, 0.29) is 11.9 Å². The fraction of sp³-hybridized carbons (Fsp3) is 0.889. The molecule has 0 aromatic carbocycles. The van der Waals surface area contributed by atoms with E-state index in [2.05, 4.69) is 4.90 Å². The third-order valence-corrected chi connectivity index (χ3v) is 2.48. The predicted molar refractivity (Wildman–Crippen MR) is 53.7 cm³/mol. The first-order valence-electron chi connectivity index (χ1n) is 5.07. The van der Waals surface area contributed by atoms with Crippen LogP contribution in [0.5, 0.6) is 0 Å². The summed E-state index contributed by atoms with van der Waals surface area (Å²) in [4.78, 5) is 13.1. The molecule has 82 valence electrons. The third kappa shape index (κ3) is 3.25. The van der Waals surface area contributed by atoms with Crippen LogP contribution in [0, 0.1) is 0 Å². The molecule has 0 radical (unpaired) electrons. The highest BCUT2D eigenvalue weighted by atomic mass is 16.5. The zero-order valence-electron chi connectivity index (χ0n) is 8.45. The maximum absolute atomic E-state index is 11.0. The molecule has 4 N–H and O–H groups in total. The Labute approximate surface area is 84.4 Å². The number of nitrogens with two attached hydrogens (primary N) is 2. The lowest BCUT2D eigenvalue weighted by atomic mass is 10.2. The topological polar surface area (TPSA) is 81.6 Å². The van der Waals surface area contributed by atoms with Gasteiger partial charge in [0.25, 0.3) is 0 Å². The lowest BCUT2D eigenvalue weighted by molar-refractivity contribution is -0.122. The maximum atomic E-state index is 11.0. The SMILES string of the molecule is NCCOCCN1CCCC1C(N)=O. The Morgan fingerprint density at radius 1 is 1.50 bits per heavy atom. The fourth-order valence-electron chi connectivity index (χ4n) is 1.78. The monoisotopic (exact) mass is 201 g/mol. The number of carbonyl (C=O) groups is 1. The van der Waals surface area contributed by atoms with E-state index in [9.17, 15) is 4.79 Å². The van der Waals surface area contributed by atoms with E-state index < -0.39 is 0 Å². The second-order valence-corrected chi connectivity index (χ2v) is 3.50. The van der Waals surface area contributed by atoms with Gasteiger partial charge in [0.15, 0.2) is 0 Å². The Hall–Kier alpha value is -0.650. The van der Waals surface area contributed by atoms with Crippen molar-refractivity contribution < 1.29 is 9.53 Å².